The minimum atomic E-state index is 0.293. The molecule has 1 unspecified atom stereocenters. The maximum atomic E-state index is 4.88. The molecule has 2 aromatic carbocycles. The first-order valence-electron chi connectivity index (χ1n) is 8.93. The van der Waals surface area contributed by atoms with Gasteiger partial charge < -0.3 is 4.90 Å². The number of benzene rings is 2. The summed E-state index contributed by atoms with van der Waals surface area (Å²) in [6.07, 6.45) is 1.04. The number of hydrogen-bond donors (Lipinski definition) is 0. The molecule has 4 aromatic rings. The summed E-state index contributed by atoms with van der Waals surface area (Å²) in [6, 6.07) is 23.1. The zero-order valence-corrected chi connectivity index (χ0v) is 14.6. The van der Waals surface area contributed by atoms with E-state index in [4.69, 9.17) is 5.10 Å². The van der Waals surface area contributed by atoms with Crippen LogP contribution in [0.25, 0.3) is 17.0 Å². The molecule has 0 radical (unpaired) electrons. The van der Waals surface area contributed by atoms with E-state index < -0.39 is 0 Å². The summed E-state index contributed by atoms with van der Waals surface area (Å²) in [5.41, 5.74) is 4.60. The van der Waals surface area contributed by atoms with Gasteiger partial charge >= 0.3 is 0 Å². The van der Waals surface area contributed by atoms with Gasteiger partial charge in [-0.1, -0.05) is 54.6 Å². The van der Waals surface area contributed by atoms with Crippen LogP contribution in [0.1, 0.15) is 24.1 Å². The average molecular weight is 341 g/mol. The van der Waals surface area contributed by atoms with Gasteiger partial charge in [0.15, 0.2) is 11.5 Å². The molecule has 5 rings (SSSR count). The predicted octanol–water partition coefficient (Wildman–Crippen LogP) is 3.92. The molecule has 5 nitrogen and oxygen atoms in total. The Morgan fingerprint density at radius 1 is 0.885 bits per heavy atom. The molecule has 1 atom stereocenters. The smallest absolute Gasteiger partial charge is 0.185 e. The van der Waals surface area contributed by atoms with Crippen LogP contribution in [0.5, 0.6) is 0 Å². The first kappa shape index (κ1) is 15.1. The summed E-state index contributed by atoms with van der Waals surface area (Å²) in [7, 11) is 0. The van der Waals surface area contributed by atoms with Gasteiger partial charge in [0.05, 0.1) is 6.04 Å². The van der Waals surface area contributed by atoms with Crippen molar-refractivity contribution in [1.82, 2.24) is 19.8 Å². The topological polar surface area (TPSA) is 46.3 Å². The fraction of sp³-hybridized carbons (Fsp3) is 0.190. The molecule has 0 saturated carbocycles. The van der Waals surface area contributed by atoms with E-state index in [1.54, 1.807) is 0 Å². The molecular formula is C21H19N5. The fourth-order valence-corrected chi connectivity index (χ4v) is 3.78. The monoisotopic (exact) mass is 341 g/mol. The molecule has 3 heterocycles. The lowest BCUT2D eigenvalue weighted by Crippen LogP contribution is -2.34. The van der Waals surface area contributed by atoms with E-state index in [9.17, 15) is 0 Å². The second-order valence-corrected chi connectivity index (χ2v) is 6.67. The zero-order valence-electron chi connectivity index (χ0n) is 14.6. The molecule has 0 fully saturated rings. The van der Waals surface area contributed by atoms with Crippen molar-refractivity contribution < 1.29 is 0 Å². The van der Waals surface area contributed by atoms with Crippen LogP contribution in [-0.2, 0) is 6.42 Å². The molecule has 2 aromatic heterocycles. The van der Waals surface area contributed by atoms with Crippen molar-refractivity contribution in [2.75, 3.05) is 11.4 Å². The van der Waals surface area contributed by atoms with Gasteiger partial charge in [0.25, 0.3) is 0 Å². The van der Waals surface area contributed by atoms with Crippen molar-refractivity contribution in [3.05, 3.63) is 77.9 Å². The SMILES string of the molecule is CC1c2ccccc2CCN1c1ccc2nnc(-c3ccccc3)n2n1. The van der Waals surface area contributed by atoms with Gasteiger partial charge in [0.1, 0.15) is 5.82 Å². The maximum Gasteiger partial charge on any atom is 0.185 e. The largest absolute Gasteiger partial charge is 0.348 e. The van der Waals surface area contributed by atoms with Crippen LogP contribution in [0.15, 0.2) is 66.7 Å². The minimum Gasteiger partial charge on any atom is -0.348 e. The third-order valence-corrected chi connectivity index (χ3v) is 5.17. The van der Waals surface area contributed by atoms with Gasteiger partial charge in [-0.3, -0.25) is 0 Å². The number of nitrogens with zero attached hydrogens (tertiary/aromatic N) is 5. The summed E-state index contributed by atoms with van der Waals surface area (Å²) >= 11 is 0. The summed E-state index contributed by atoms with van der Waals surface area (Å²) in [5.74, 6) is 1.73. The van der Waals surface area contributed by atoms with E-state index in [1.807, 2.05) is 47.0 Å². The highest BCUT2D eigenvalue weighted by Crippen LogP contribution is 2.32. The summed E-state index contributed by atoms with van der Waals surface area (Å²) in [4.78, 5) is 2.36. The van der Waals surface area contributed by atoms with E-state index >= 15 is 0 Å². The lowest BCUT2D eigenvalue weighted by atomic mass is 9.94. The van der Waals surface area contributed by atoms with E-state index in [0.29, 0.717) is 6.04 Å². The van der Waals surface area contributed by atoms with E-state index in [-0.39, 0.29) is 0 Å². The Labute approximate surface area is 151 Å². The third kappa shape index (κ3) is 2.36. The Morgan fingerprint density at radius 2 is 1.69 bits per heavy atom. The lowest BCUT2D eigenvalue weighted by molar-refractivity contribution is 0.611. The van der Waals surface area contributed by atoms with Crippen molar-refractivity contribution in [1.29, 1.82) is 0 Å². The predicted molar refractivity (Wildman–Crippen MR) is 102 cm³/mol. The van der Waals surface area contributed by atoms with Gasteiger partial charge in [-0.15, -0.1) is 15.3 Å². The molecule has 0 amide bonds. The Balaban J connectivity index is 1.58. The second kappa shape index (κ2) is 5.95. The number of fused-ring (bicyclic) bond motifs is 2. The van der Waals surface area contributed by atoms with Crippen molar-refractivity contribution in [3.63, 3.8) is 0 Å². The first-order valence-corrected chi connectivity index (χ1v) is 8.93. The van der Waals surface area contributed by atoms with Crippen LogP contribution in [0.3, 0.4) is 0 Å². The fourth-order valence-electron chi connectivity index (χ4n) is 3.78. The lowest BCUT2D eigenvalue weighted by Gasteiger charge is -2.36. The summed E-state index contributed by atoms with van der Waals surface area (Å²) < 4.78 is 1.85. The van der Waals surface area contributed by atoms with Gasteiger partial charge in [0.2, 0.25) is 0 Å². The average Bonchev–Trinajstić information content (AvgIpc) is 3.12. The molecule has 0 saturated heterocycles. The van der Waals surface area contributed by atoms with E-state index in [0.717, 1.165) is 35.8 Å². The number of hydrogen-bond acceptors (Lipinski definition) is 4. The molecule has 0 N–H and O–H groups in total. The van der Waals surface area contributed by atoms with Crippen molar-refractivity contribution >= 4 is 11.5 Å². The Hall–Kier alpha value is -3.21. The van der Waals surface area contributed by atoms with Crippen LogP contribution in [0.2, 0.25) is 0 Å². The summed E-state index contributed by atoms with van der Waals surface area (Å²) in [5, 5.41) is 13.5. The van der Waals surface area contributed by atoms with Gasteiger partial charge in [0, 0.05) is 12.1 Å². The van der Waals surface area contributed by atoms with Crippen LogP contribution in [-0.4, -0.2) is 26.4 Å². The zero-order chi connectivity index (χ0) is 17.5. The van der Waals surface area contributed by atoms with Crippen molar-refractivity contribution in [2.24, 2.45) is 0 Å². The highest BCUT2D eigenvalue weighted by molar-refractivity contribution is 5.60. The standard InChI is InChI=1S/C21H19N5/c1-15-18-10-6-5-7-16(18)13-14-25(15)20-12-11-19-22-23-21(26(19)24-20)17-8-3-2-4-9-17/h2-12,15H,13-14H2,1H3. The normalized spacial score (nSPS) is 16.7. The highest BCUT2D eigenvalue weighted by atomic mass is 15.4. The first-order chi connectivity index (χ1) is 12.8. The molecule has 26 heavy (non-hydrogen) atoms. The molecule has 0 bridgehead atoms. The second-order valence-electron chi connectivity index (χ2n) is 6.67. The van der Waals surface area contributed by atoms with Crippen molar-refractivity contribution in [2.45, 2.75) is 19.4 Å². The molecule has 0 spiro atoms. The molecule has 0 aliphatic carbocycles. The Kier molecular flexibility index (Phi) is 3.45. The minimum absolute atomic E-state index is 0.293. The van der Waals surface area contributed by atoms with Gasteiger partial charge in [-0.2, -0.15) is 4.52 Å². The van der Waals surface area contributed by atoms with Gasteiger partial charge in [-0.05, 0) is 36.6 Å². The van der Waals surface area contributed by atoms with Crippen LogP contribution in [0, 0.1) is 0 Å². The quantitative estimate of drug-likeness (QED) is 0.554. The maximum absolute atomic E-state index is 4.88. The number of aromatic nitrogens is 4. The highest BCUT2D eigenvalue weighted by Gasteiger charge is 2.25. The Bertz CT molecular complexity index is 1070. The molecule has 1 aliphatic rings. The Morgan fingerprint density at radius 3 is 2.58 bits per heavy atom. The van der Waals surface area contributed by atoms with Crippen LogP contribution >= 0.6 is 0 Å². The molecular weight excluding hydrogens is 322 g/mol. The number of rotatable bonds is 2. The number of anilines is 1. The molecule has 1 aliphatic heterocycles. The molecule has 128 valence electrons. The van der Waals surface area contributed by atoms with Gasteiger partial charge in [-0.25, -0.2) is 0 Å². The third-order valence-electron chi connectivity index (χ3n) is 5.17. The van der Waals surface area contributed by atoms with Crippen LogP contribution in [0.4, 0.5) is 5.82 Å². The molecule has 5 heteroatoms. The van der Waals surface area contributed by atoms with Crippen molar-refractivity contribution in [3.8, 4) is 11.4 Å². The van der Waals surface area contributed by atoms with E-state index in [2.05, 4.69) is 46.3 Å². The summed E-state index contributed by atoms with van der Waals surface area (Å²) in [6.45, 7) is 3.20. The van der Waals surface area contributed by atoms with Crippen LogP contribution < -0.4 is 4.90 Å². The van der Waals surface area contributed by atoms with E-state index in [1.165, 1.54) is 11.1 Å².